The molecule has 0 spiro atoms. The van der Waals surface area contributed by atoms with Gasteiger partial charge >= 0.3 is 0 Å². The molecule has 0 unspecified atom stereocenters. The normalized spacial score (nSPS) is 10.5. The summed E-state index contributed by atoms with van der Waals surface area (Å²) in [7, 11) is 1.64. The molecule has 0 radical (unpaired) electrons. The molecular weight excluding hydrogens is 238 g/mol. The second-order valence-electron chi connectivity index (χ2n) is 4.73. The molecule has 0 aliphatic carbocycles. The molecule has 0 aliphatic rings. The molecule has 1 heterocycles. The third kappa shape index (κ3) is 2.67. The molecule has 19 heavy (non-hydrogen) atoms. The maximum Gasteiger partial charge on any atom is 0.251 e. The summed E-state index contributed by atoms with van der Waals surface area (Å²) in [6, 6.07) is 7.64. The van der Waals surface area contributed by atoms with Crippen molar-refractivity contribution in [3.63, 3.8) is 0 Å². The lowest BCUT2D eigenvalue weighted by Crippen LogP contribution is -2.18. The van der Waals surface area contributed by atoms with Crippen molar-refractivity contribution in [2.45, 2.75) is 27.3 Å². The minimum atomic E-state index is -0.0635. The highest BCUT2D eigenvalue weighted by Gasteiger charge is 2.09. The molecule has 0 saturated carbocycles. The Balaban J connectivity index is 2.28. The van der Waals surface area contributed by atoms with Gasteiger partial charge in [-0.3, -0.25) is 9.48 Å². The van der Waals surface area contributed by atoms with Crippen LogP contribution in [-0.4, -0.2) is 22.7 Å². The SMILES string of the molecule is CNC(=O)c1cccc(Cn2nc(C)c(C)c2C)c1. The van der Waals surface area contributed by atoms with Gasteiger partial charge in [0.05, 0.1) is 12.2 Å². The van der Waals surface area contributed by atoms with E-state index < -0.39 is 0 Å². The van der Waals surface area contributed by atoms with Gasteiger partial charge in [-0.05, 0) is 44.0 Å². The Bertz CT molecular complexity index is 614. The Labute approximate surface area is 113 Å². The maximum absolute atomic E-state index is 11.6. The first-order chi connectivity index (χ1) is 9.02. The van der Waals surface area contributed by atoms with Crippen molar-refractivity contribution in [3.05, 3.63) is 52.3 Å². The van der Waals surface area contributed by atoms with Gasteiger partial charge in [-0.25, -0.2) is 0 Å². The van der Waals surface area contributed by atoms with Crippen molar-refractivity contribution in [2.24, 2.45) is 0 Å². The fourth-order valence-electron chi connectivity index (χ4n) is 2.07. The third-order valence-electron chi connectivity index (χ3n) is 3.49. The van der Waals surface area contributed by atoms with Gasteiger partial charge in [0.25, 0.3) is 5.91 Å². The zero-order valence-corrected chi connectivity index (χ0v) is 11.8. The fourth-order valence-corrected chi connectivity index (χ4v) is 2.07. The maximum atomic E-state index is 11.6. The number of nitrogens with zero attached hydrogens (tertiary/aromatic N) is 2. The molecule has 1 aromatic heterocycles. The highest BCUT2D eigenvalue weighted by molar-refractivity contribution is 5.94. The zero-order chi connectivity index (χ0) is 14.0. The van der Waals surface area contributed by atoms with Crippen LogP contribution in [0, 0.1) is 20.8 Å². The number of hydrogen-bond donors (Lipinski definition) is 1. The number of aryl methyl sites for hydroxylation is 1. The Morgan fingerprint density at radius 3 is 2.63 bits per heavy atom. The summed E-state index contributed by atoms with van der Waals surface area (Å²) in [6.07, 6.45) is 0. The summed E-state index contributed by atoms with van der Waals surface area (Å²) < 4.78 is 1.98. The predicted molar refractivity (Wildman–Crippen MR) is 75.4 cm³/mol. The summed E-state index contributed by atoms with van der Waals surface area (Å²) in [6.45, 7) is 6.85. The van der Waals surface area contributed by atoms with E-state index in [-0.39, 0.29) is 5.91 Å². The number of carbonyl (C=O) groups excluding carboxylic acids is 1. The van der Waals surface area contributed by atoms with E-state index >= 15 is 0 Å². The molecule has 0 saturated heterocycles. The average molecular weight is 257 g/mol. The fraction of sp³-hybridized carbons (Fsp3) is 0.333. The molecule has 100 valence electrons. The van der Waals surface area contributed by atoms with Gasteiger partial charge in [0.1, 0.15) is 0 Å². The number of amides is 1. The van der Waals surface area contributed by atoms with Gasteiger partial charge in [-0.1, -0.05) is 12.1 Å². The van der Waals surface area contributed by atoms with Crippen LogP contribution in [0.15, 0.2) is 24.3 Å². The Morgan fingerprint density at radius 1 is 1.32 bits per heavy atom. The van der Waals surface area contributed by atoms with Gasteiger partial charge in [0.2, 0.25) is 0 Å². The summed E-state index contributed by atoms with van der Waals surface area (Å²) in [5.74, 6) is -0.0635. The lowest BCUT2D eigenvalue weighted by molar-refractivity contribution is 0.0963. The van der Waals surface area contributed by atoms with Crippen LogP contribution in [0.5, 0.6) is 0 Å². The third-order valence-corrected chi connectivity index (χ3v) is 3.49. The summed E-state index contributed by atoms with van der Waals surface area (Å²) in [5, 5.41) is 7.15. The van der Waals surface area contributed by atoms with Gasteiger partial charge in [0.15, 0.2) is 0 Å². The Hall–Kier alpha value is -2.10. The lowest BCUT2D eigenvalue weighted by Gasteiger charge is -2.07. The smallest absolute Gasteiger partial charge is 0.251 e. The predicted octanol–water partition coefficient (Wildman–Crippen LogP) is 2.22. The standard InChI is InChI=1S/C15H19N3O/c1-10-11(2)17-18(12(10)3)9-13-6-5-7-14(8-13)15(19)16-4/h5-8H,9H2,1-4H3,(H,16,19). The van der Waals surface area contributed by atoms with Gasteiger partial charge in [-0.2, -0.15) is 5.10 Å². The van der Waals surface area contributed by atoms with E-state index in [9.17, 15) is 4.79 Å². The van der Waals surface area contributed by atoms with Gasteiger partial charge in [0, 0.05) is 18.3 Å². The second kappa shape index (κ2) is 5.26. The van der Waals surface area contributed by atoms with E-state index in [4.69, 9.17) is 0 Å². The molecule has 4 heteroatoms. The van der Waals surface area contributed by atoms with Crippen molar-refractivity contribution in [1.82, 2.24) is 15.1 Å². The van der Waals surface area contributed by atoms with E-state index in [0.717, 1.165) is 11.3 Å². The minimum Gasteiger partial charge on any atom is -0.355 e. The molecule has 0 atom stereocenters. The first-order valence-corrected chi connectivity index (χ1v) is 6.34. The number of hydrogen-bond acceptors (Lipinski definition) is 2. The van der Waals surface area contributed by atoms with Crippen molar-refractivity contribution in [2.75, 3.05) is 7.05 Å². The Kier molecular flexibility index (Phi) is 3.69. The quantitative estimate of drug-likeness (QED) is 0.916. The largest absolute Gasteiger partial charge is 0.355 e. The zero-order valence-electron chi connectivity index (χ0n) is 11.8. The highest BCUT2D eigenvalue weighted by Crippen LogP contribution is 2.14. The first-order valence-electron chi connectivity index (χ1n) is 6.34. The van der Waals surface area contributed by atoms with Crippen LogP contribution in [0.1, 0.15) is 32.9 Å². The van der Waals surface area contributed by atoms with Crippen LogP contribution >= 0.6 is 0 Å². The van der Waals surface area contributed by atoms with Crippen LogP contribution in [0.3, 0.4) is 0 Å². The number of rotatable bonds is 3. The first kappa shape index (κ1) is 13.3. The van der Waals surface area contributed by atoms with Crippen molar-refractivity contribution >= 4 is 5.91 Å². The van der Waals surface area contributed by atoms with Crippen LogP contribution < -0.4 is 5.32 Å². The monoisotopic (exact) mass is 257 g/mol. The van der Waals surface area contributed by atoms with Crippen LogP contribution in [0.2, 0.25) is 0 Å². The summed E-state index contributed by atoms with van der Waals surface area (Å²) in [4.78, 5) is 11.6. The van der Waals surface area contributed by atoms with E-state index in [1.54, 1.807) is 7.05 Å². The van der Waals surface area contributed by atoms with Crippen molar-refractivity contribution in [3.8, 4) is 0 Å². The van der Waals surface area contributed by atoms with Gasteiger partial charge in [-0.15, -0.1) is 0 Å². The number of carbonyl (C=O) groups is 1. The van der Waals surface area contributed by atoms with Crippen LogP contribution in [0.4, 0.5) is 0 Å². The highest BCUT2D eigenvalue weighted by atomic mass is 16.1. The molecule has 0 aliphatic heterocycles. The van der Waals surface area contributed by atoms with Crippen LogP contribution in [-0.2, 0) is 6.54 Å². The number of nitrogens with one attached hydrogen (secondary N) is 1. The molecule has 4 nitrogen and oxygen atoms in total. The van der Waals surface area contributed by atoms with E-state index in [1.807, 2.05) is 35.9 Å². The second-order valence-corrected chi connectivity index (χ2v) is 4.73. The number of benzene rings is 1. The van der Waals surface area contributed by atoms with Gasteiger partial charge < -0.3 is 5.32 Å². The number of aromatic nitrogens is 2. The van der Waals surface area contributed by atoms with Crippen molar-refractivity contribution < 1.29 is 4.79 Å². The molecule has 0 fully saturated rings. The van der Waals surface area contributed by atoms with E-state index in [0.29, 0.717) is 12.1 Å². The molecule has 2 aromatic rings. The van der Waals surface area contributed by atoms with Crippen molar-refractivity contribution in [1.29, 1.82) is 0 Å². The van der Waals surface area contributed by atoms with E-state index in [1.165, 1.54) is 11.3 Å². The topological polar surface area (TPSA) is 46.9 Å². The molecular formula is C15H19N3O. The Morgan fingerprint density at radius 2 is 2.05 bits per heavy atom. The molecule has 1 aromatic carbocycles. The van der Waals surface area contributed by atoms with E-state index in [2.05, 4.69) is 24.3 Å². The van der Waals surface area contributed by atoms with Crippen LogP contribution in [0.25, 0.3) is 0 Å². The molecule has 2 rings (SSSR count). The lowest BCUT2D eigenvalue weighted by atomic mass is 10.1. The average Bonchev–Trinajstić information content (AvgIpc) is 2.66. The summed E-state index contributed by atoms with van der Waals surface area (Å²) in [5.41, 5.74) is 5.20. The molecule has 1 N–H and O–H groups in total. The molecule has 1 amide bonds. The molecule has 0 bridgehead atoms. The summed E-state index contributed by atoms with van der Waals surface area (Å²) >= 11 is 0. The minimum absolute atomic E-state index is 0.0635.